The van der Waals surface area contributed by atoms with E-state index >= 15 is 0 Å². The summed E-state index contributed by atoms with van der Waals surface area (Å²) >= 11 is 12.0. The van der Waals surface area contributed by atoms with Gasteiger partial charge < -0.3 is 10.1 Å². The van der Waals surface area contributed by atoms with Crippen molar-refractivity contribution in [2.75, 3.05) is 0 Å². The molecule has 0 unspecified atom stereocenters. The zero-order valence-electron chi connectivity index (χ0n) is 13.1. The highest BCUT2D eigenvalue weighted by molar-refractivity contribution is 6.39. The number of carbonyl (C=O) groups excluding carboxylic acids is 2. The van der Waals surface area contributed by atoms with Gasteiger partial charge in [-0.15, -0.1) is 0 Å². The van der Waals surface area contributed by atoms with Crippen LogP contribution >= 0.6 is 23.2 Å². The number of halogens is 2. The average molecular weight is 358 g/mol. The standard InChI is InChI=1S/C17H21Cl2NO3/c1-11(16(21)20-12-7-4-2-3-5-8-12)23-17(22)15-13(18)9-6-10-14(15)19/h6,9-12H,2-5,7-8H2,1H3,(H,20,21)/t11-/m0/s1. The summed E-state index contributed by atoms with van der Waals surface area (Å²) in [7, 11) is 0. The number of hydrogen-bond donors (Lipinski definition) is 1. The van der Waals surface area contributed by atoms with E-state index in [1.165, 1.54) is 12.8 Å². The summed E-state index contributed by atoms with van der Waals surface area (Å²) in [6.07, 6.45) is 5.72. The number of ether oxygens (including phenoxy) is 1. The summed E-state index contributed by atoms with van der Waals surface area (Å²) in [5, 5.41) is 3.38. The Morgan fingerprint density at radius 1 is 1.13 bits per heavy atom. The van der Waals surface area contributed by atoms with Crippen molar-refractivity contribution in [2.24, 2.45) is 0 Å². The highest BCUT2D eigenvalue weighted by Gasteiger charge is 2.24. The lowest BCUT2D eigenvalue weighted by atomic mass is 10.1. The molecule has 126 valence electrons. The largest absolute Gasteiger partial charge is 0.449 e. The first-order valence-corrected chi connectivity index (χ1v) is 8.70. The third-order valence-electron chi connectivity index (χ3n) is 4.02. The van der Waals surface area contributed by atoms with E-state index in [9.17, 15) is 9.59 Å². The number of nitrogens with one attached hydrogen (secondary N) is 1. The van der Waals surface area contributed by atoms with Crippen molar-refractivity contribution in [3.8, 4) is 0 Å². The van der Waals surface area contributed by atoms with E-state index in [1.54, 1.807) is 25.1 Å². The number of carbonyl (C=O) groups is 2. The van der Waals surface area contributed by atoms with Gasteiger partial charge in [-0.1, -0.05) is 55.0 Å². The first-order valence-electron chi connectivity index (χ1n) is 7.94. The van der Waals surface area contributed by atoms with Gasteiger partial charge in [-0.05, 0) is 31.9 Å². The molecule has 0 bridgehead atoms. The van der Waals surface area contributed by atoms with Crippen molar-refractivity contribution < 1.29 is 14.3 Å². The van der Waals surface area contributed by atoms with Gasteiger partial charge in [0, 0.05) is 6.04 Å². The van der Waals surface area contributed by atoms with Crippen LogP contribution in [0.2, 0.25) is 10.0 Å². The lowest BCUT2D eigenvalue weighted by Gasteiger charge is -2.20. The monoisotopic (exact) mass is 357 g/mol. The molecule has 2 rings (SSSR count). The average Bonchev–Trinajstić information content (AvgIpc) is 2.75. The number of esters is 1. The molecular weight excluding hydrogens is 337 g/mol. The van der Waals surface area contributed by atoms with Crippen LogP contribution in [-0.4, -0.2) is 24.0 Å². The van der Waals surface area contributed by atoms with Crippen LogP contribution in [0.1, 0.15) is 55.8 Å². The number of rotatable bonds is 4. The molecule has 6 heteroatoms. The molecule has 1 amide bonds. The van der Waals surface area contributed by atoms with Gasteiger partial charge in [0.05, 0.1) is 15.6 Å². The minimum absolute atomic E-state index is 0.0879. The maximum absolute atomic E-state index is 12.2. The first kappa shape index (κ1) is 18.1. The lowest BCUT2D eigenvalue weighted by Crippen LogP contribution is -2.41. The molecule has 1 aliphatic rings. The molecule has 0 heterocycles. The van der Waals surface area contributed by atoms with Crippen LogP contribution in [0.3, 0.4) is 0 Å². The van der Waals surface area contributed by atoms with E-state index in [0.29, 0.717) is 0 Å². The third kappa shape index (κ3) is 5.11. The first-order chi connectivity index (χ1) is 11.0. The molecule has 1 saturated carbocycles. The molecule has 0 spiro atoms. The van der Waals surface area contributed by atoms with Crippen molar-refractivity contribution in [1.82, 2.24) is 5.32 Å². The molecular formula is C17H21Cl2NO3. The van der Waals surface area contributed by atoms with E-state index in [4.69, 9.17) is 27.9 Å². The minimum atomic E-state index is -0.891. The smallest absolute Gasteiger partial charge is 0.341 e. The van der Waals surface area contributed by atoms with Crippen LogP contribution in [-0.2, 0) is 9.53 Å². The third-order valence-corrected chi connectivity index (χ3v) is 4.65. The molecule has 0 radical (unpaired) electrons. The van der Waals surface area contributed by atoms with Crippen LogP contribution in [0, 0.1) is 0 Å². The van der Waals surface area contributed by atoms with Gasteiger partial charge >= 0.3 is 5.97 Å². The Kier molecular flexibility index (Phi) is 6.72. The van der Waals surface area contributed by atoms with Crippen molar-refractivity contribution in [3.63, 3.8) is 0 Å². The molecule has 4 nitrogen and oxygen atoms in total. The van der Waals surface area contributed by atoms with Gasteiger partial charge in [-0.3, -0.25) is 4.79 Å². The van der Waals surface area contributed by atoms with Gasteiger partial charge in [-0.25, -0.2) is 4.79 Å². The van der Waals surface area contributed by atoms with Gasteiger partial charge in [0.1, 0.15) is 0 Å². The second-order valence-electron chi connectivity index (χ2n) is 5.84. The zero-order valence-corrected chi connectivity index (χ0v) is 14.6. The molecule has 0 aromatic heterocycles. The predicted molar refractivity (Wildman–Crippen MR) is 91.0 cm³/mol. The summed E-state index contributed by atoms with van der Waals surface area (Å²) in [4.78, 5) is 24.4. The minimum Gasteiger partial charge on any atom is -0.449 e. The number of amides is 1. The lowest BCUT2D eigenvalue weighted by molar-refractivity contribution is -0.129. The summed E-state index contributed by atoms with van der Waals surface area (Å²) in [5.74, 6) is -0.974. The molecule has 1 aliphatic carbocycles. The summed E-state index contributed by atoms with van der Waals surface area (Å²) < 4.78 is 5.21. The van der Waals surface area contributed by atoms with Gasteiger partial charge in [0.2, 0.25) is 0 Å². The van der Waals surface area contributed by atoms with E-state index in [1.807, 2.05) is 0 Å². The quantitative estimate of drug-likeness (QED) is 0.642. The Morgan fingerprint density at radius 2 is 1.70 bits per heavy atom. The molecule has 1 aromatic rings. The highest BCUT2D eigenvalue weighted by atomic mass is 35.5. The van der Waals surface area contributed by atoms with Crippen molar-refractivity contribution >= 4 is 35.1 Å². The van der Waals surface area contributed by atoms with E-state index in [0.717, 1.165) is 25.7 Å². The molecule has 1 aromatic carbocycles. The van der Waals surface area contributed by atoms with Crippen LogP contribution in [0.5, 0.6) is 0 Å². The van der Waals surface area contributed by atoms with Gasteiger partial charge in [0.25, 0.3) is 5.91 Å². The molecule has 1 N–H and O–H groups in total. The van der Waals surface area contributed by atoms with Crippen molar-refractivity contribution in [1.29, 1.82) is 0 Å². The molecule has 0 saturated heterocycles. The molecule has 23 heavy (non-hydrogen) atoms. The maximum Gasteiger partial charge on any atom is 0.341 e. The number of benzene rings is 1. The normalized spacial score (nSPS) is 17.2. The Balaban J connectivity index is 1.93. The summed E-state index contributed by atoms with van der Waals surface area (Å²) in [6.45, 7) is 1.55. The summed E-state index contributed by atoms with van der Waals surface area (Å²) in [6, 6.07) is 4.92. The van der Waals surface area contributed by atoms with Crippen molar-refractivity contribution in [3.05, 3.63) is 33.8 Å². The highest BCUT2D eigenvalue weighted by Crippen LogP contribution is 2.25. The topological polar surface area (TPSA) is 55.4 Å². The number of hydrogen-bond acceptors (Lipinski definition) is 3. The van der Waals surface area contributed by atoms with Gasteiger partial charge in [-0.2, -0.15) is 0 Å². The van der Waals surface area contributed by atoms with Gasteiger partial charge in [0.15, 0.2) is 6.10 Å². The fourth-order valence-corrected chi connectivity index (χ4v) is 3.26. The Bertz CT molecular complexity index is 549. The van der Waals surface area contributed by atoms with Crippen molar-refractivity contribution in [2.45, 2.75) is 57.6 Å². The zero-order chi connectivity index (χ0) is 16.8. The second-order valence-corrected chi connectivity index (χ2v) is 6.66. The fourth-order valence-electron chi connectivity index (χ4n) is 2.71. The molecule has 1 atom stereocenters. The van der Waals surface area contributed by atoms with Crippen LogP contribution in [0.4, 0.5) is 0 Å². The second kappa shape index (κ2) is 8.55. The Labute approximate surface area is 146 Å². The van der Waals surface area contributed by atoms with Crippen LogP contribution in [0.15, 0.2) is 18.2 Å². The fraction of sp³-hybridized carbons (Fsp3) is 0.529. The Morgan fingerprint density at radius 3 is 2.26 bits per heavy atom. The van der Waals surface area contributed by atoms with E-state index < -0.39 is 12.1 Å². The maximum atomic E-state index is 12.2. The van der Waals surface area contributed by atoms with Crippen LogP contribution < -0.4 is 5.32 Å². The molecule has 0 aliphatic heterocycles. The van der Waals surface area contributed by atoms with E-state index in [2.05, 4.69) is 5.32 Å². The predicted octanol–water partition coefficient (Wildman–Crippen LogP) is 4.38. The van der Waals surface area contributed by atoms with E-state index in [-0.39, 0.29) is 27.6 Å². The SMILES string of the molecule is C[C@H](OC(=O)c1c(Cl)cccc1Cl)C(=O)NC1CCCCCC1. The Hall–Kier alpha value is -1.26. The van der Waals surface area contributed by atoms with Crippen LogP contribution in [0.25, 0.3) is 0 Å². The summed E-state index contributed by atoms with van der Waals surface area (Å²) in [5.41, 5.74) is 0.0879. The molecule has 1 fully saturated rings.